The summed E-state index contributed by atoms with van der Waals surface area (Å²) in [5, 5.41) is 4.67. The van der Waals surface area contributed by atoms with Crippen molar-refractivity contribution in [1.29, 1.82) is 0 Å². The zero-order valence-electron chi connectivity index (χ0n) is 31.8. The quantitative estimate of drug-likeness (QED) is 0.181. The largest absolute Gasteiger partial charge is 0.256 e. The summed E-state index contributed by atoms with van der Waals surface area (Å²) in [4.78, 5) is 20.6. The molecule has 1 spiro atoms. The Morgan fingerprint density at radius 1 is 0.373 bits per heavy atom. The highest BCUT2D eigenvalue weighted by atomic mass is 14.8. The third-order valence-electron chi connectivity index (χ3n) is 12.7. The van der Waals surface area contributed by atoms with Gasteiger partial charge < -0.3 is 0 Å². The minimum atomic E-state index is -0.588. The average molecular weight is 749 g/mol. The van der Waals surface area contributed by atoms with E-state index in [1.54, 1.807) is 0 Å². The van der Waals surface area contributed by atoms with Gasteiger partial charge in [0.15, 0.2) is 0 Å². The summed E-state index contributed by atoms with van der Waals surface area (Å²) in [5.41, 5.74) is 19.1. The van der Waals surface area contributed by atoms with Crippen LogP contribution in [0.15, 0.2) is 194 Å². The fourth-order valence-electron chi connectivity index (χ4n) is 10.2. The van der Waals surface area contributed by atoms with Crippen LogP contribution in [-0.4, -0.2) is 19.9 Å². The molecule has 0 radical (unpaired) electrons. The molecule has 2 aliphatic carbocycles. The first kappa shape index (κ1) is 32.3. The van der Waals surface area contributed by atoms with Gasteiger partial charge in [-0.3, -0.25) is 9.97 Å². The van der Waals surface area contributed by atoms with Gasteiger partial charge in [-0.2, -0.15) is 0 Å². The molecule has 4 heteroatoms. The molecule has 0 fully saturated rings. The Hall–Kier alpha value is -7.82. The molecule has 272 valence electrons. The number of nitrogens with zero attached hydrogens (tertiary/aromatic N) is 4. The fourth-order valence-corrected chi connectivity index (χ4v) is 10.2. The lowest BCUT2D eigenvalue weighted by Crippen LogP contribution is -2.26. The van der Waals surface area contributed by atoms with Crippen molar-refractivity contribution in [3.05, 3.63) is 217 Å². The number of aromatic nitrogens is 4. The molecule has 0 unspecified atom stereocenters. The zero-order chi connectivity index (χ0) is 38.7. The van der Waals surface area contributed by atoms with Crippen LogP contribution < -0.4 is 0 Å². The molecular formula is C55H32N4. The Kier molecular flexibility index (Phi) is 6.62. The summed E-state index contributed by atoms with van der Waals surface area (Å²) in [6.45, 7) is 0. The van der Waals surface area contributed by atoms with Crippen LogP contribution in [0.2, 0.25) is 0 Å². The second-order valence-electron chi connectivity index (χ2n) is 15.7. The lowest BCUT2D eigenvalue weighted by molar-refractivity contribution is 0.794. The first-order valence-corrected chi connectivity index (χ1v) is 20.1. The van der Waals surface area contributed by atoms with Crippen LogP contribution >= 0.6 is 0 Å². The van der Waals surface area contributed by atoms with E-state index in [2.05, 4.69) is 163 Å². The second-order valence-corrected chi connectivity index (χ2v) is 15.7. The number of fused-ring (bicyclic) bond motifs is 15. The minimum absolute atomic E-state index is 0.588. The molecule has 0 amide bonds. The first-order valence-electron chi connectivity index (χ1n) is 20.1. The molecule has 0 saturated carbocycles. The summed E-state index contributed by atoms with van der Waals surface area (Å²) in [6.07, 6.45) is 3.79. The SMILES string of the molecule is c1ccc2c(c1)-c1ccccc1C21c2cc3cccc(-c4ccc(-c5cnc6ccccc6n5)cc4)c3nc2-c2c1cc(-c1ccc3ccccc3c1)c1cccnc21. The Bertz CT molecular complexity index is 3520. The number of pyridine rings is 2. The third kappa shape index (κ3) is 4.48. The topological polar surface area (TPSA) is 51.6 Å². The molecule has 11 aromatic rings. The summed E-state index contributed by atoms with van der Waals surface area (Å²) in [7, 11) is 0. The summed E-state index contributed by atoms with van der Waals surface area (Å²) in [6, 6.07) is 65.7. The normalized spacial score (nSPS) is 13.2. The van der Waals surface area contributed by atoms with Crippen molar-refractivity contribution in [2.75, 3.05) is 0 Å². The van der Waals surface area contributed by atoms with Crippen molar-refractivity contribution in [2.45, 2.75) is 5.41 Å². The fraction of sp³-hybridized carbons (Fsp3) is 0.0182. The number of benzene rings is 8. The van der Waals surface area contributed by atoms with Gasteiger partial charge in [0.25, 0.3) is 0 Å². The van der Waals surface area contributed by atoms with E-state index in [0.29, 0.717) is 0 Å². The maximum Gasteiger partial charge on any atom is 0.0894 e. The van der Waals surface area contributed by atoms with Crippen LogP contribution in [0.4, 0.5) is 0 Å². The molecule has 13 rings (SSSR count). The van der Waals surface area contributed by atoms with Gasteiger partial charge in [0.1, 0.15) is 0 Å². The van der Waals surface area contributed by atoms with E-state index < -0.39 is 5.41 Å². The molecule has 59 heavy (non-hydrogen) atoms. The molecule has 0 N–H and O–H groups in total. The Morgan fingerprint density at radius 2 is 1.05 bits per heavy atom. The first-order chi connectivity index (χ1) is 29.2. The summed E-state index contributed by atoms with van der Waals surface area (Å²) >= 11 is 0. The van der Waals surface area contributed by atoms with Crippen molar-refractivity contribution in [2.24, 2.45) is 0 Å². The lowest BCUT2D eigenvalue weighted by Gasteiger charge is -2.31. The third-order valence-corrected chi connectivity index (χ3v) is 12.7. The Morgan fingerprint density at radius 3 is 1.88 bits per heavy atom. The van der Waals surface area contributed by atoms with Crippen LogP contribution in [0.1, 0.15) is 22.3 Å². The number of rotatable bonds is 3. The van der Waals surface area contributed by atoms with E-state index in [1.165, 1.54) is 55.3 Å². The number of hydrogen-bond acceptors (Lipinski definition) is 4. The molecule has 0 bridgehead atoms. The van der Waals surface area contributed by atoms with Gasteiger partial charge in [0.05, 0.1) is 45.1 Å². The van der Waals surface area contributed by atoms with Gasteiger partial charge in [-0.25, -0.2) is 9.97 Å². The second kappa shape index (κ2) is 12.1. The highest BCUT2D eigenvalue weighted by molar-refractivity contribution is 6.11. The smallest absolute Gasteiger partial charge is 0.0894 e. The van der Waals surface area contributed by atoms with E-state index in [4.69, 9.17) is 15.0 Å². The van der Waals surface area contributed by atoms with Crippen LogP contribution in [0.3, 0.4) is 0 Å². The van der Waals surface area contributed by atoms with Crippen LogP contribution in [0, 0.1) is 0 Å². The van der Waals surface area contributed by atoms with Gasteiger partial charge in [-0.1, -0.05) is 146 Å². The highest BCUT2D eigenvalue weighted by Crippen LogP contribution is 2.64. The molecule has 3 heterocycles. The van der Waals surface area contributed by atoms with E-state index in [-0.39, 0.29) is 0 Å². The highest BCUT2D eigenvalue weighted by Gasteiger charge is 2.53. The molecule has 0 saturated heterocycles. The Labute approximate surface area is 340 Å². The van der Waals surface area contributed by atoms with Crippen LogP contribution in [0.5, 0.6) is 0 Å². The monoisotopic (exact) mass is 748 g/mol. The molecular weight excluding hydrogens is 717 g/mol. The van der Waals surface area contributed by atoms with E-state index in [0.717, 1.165) is 66.5 Å². The molecule has 4 nitrogen and oxygen atoms in total. The van der Waals surface area contributed by atoms with Gasteiger partial charge in [0, 0.05) is 33.7 Å². The zero-order valence-corrected chi connectivity index (χ0v) is 31.8. The number of para-hydroxylation sites is 3. The Balaban J connectivity index is 1.08. The average Bonchev–Trinajstić information content (AvgIpc) is 3.77. The van der Waals surface area contributed by atoms with Crippen molar-refractivity contribution < 1.29 is 0 Å². The minimum Gasteiger partial charge on any atom is -0.256 e. The van der Waals surface area contributed by atoms with E-state index in [9.17, 15) is 0 Å². The van der Waals surface area contributed by atoms with Crippen LogP contribution in [-0.2, 0) is 5.41 Å². The van der Waals surface area contributed by atoms with E-state index in [1.807, 2.05) is 36.7 Å². The molecule has 0 atom stereocenters. The molecule has 2 aliphatic rings. The van der Waals surface area contributed by atoms with E-state index >= 15 is 0 Å². The molecule has 8 aromatic carbocycles. The van der Waals surface area contributed by atoms with Crippen molar-refractivity contribution in [3.8, 4) is 55.9 Å². The predicted octanol–water partition coefficient (Wildman–Crippen LogP) is 13.2. The maximum absolute atomic E-state index is 5.78. The maximum atomic E-state index is 5.78. The van der Waals surface area contributed by atoms with Crippen molar-refractivity contribution >= 4 is 43.6 Å². The molecule has 3 aromatic heterocycles. The van der Waals surface area contributed by atoms with Gasteiger partial charge in [-0.05, 0) is 97.2 Å². The number of hydrogen-bond donors (Lipinski definition) is 0. The molecule has 0 aliphatic heterocycles. The summed E-state index contributed by atoms with van der Waals surface area (Å²) < 4.78 is 0. The van der Waals surface area contributed by atoms with Gasteiger partial charge in [-0.15, -0.1) is 0 Å². The summed E-state index contributed by atoms with van der Waals surface area (Å²) in [5.74, 6) is 0. The van der Waals surface area contributed by atoms with Crippen LogP contribution in [0.25, 0.3) is 99.5 Å². The standard InChI is InChI=1S/C55H32N4/c1-2-12-36-29-37(27-22-33(36)11-1)43-31-46-51(53-42(43)17-10-28-56-53)54-47(55(46)44-18-5-3-14-40(44)41-15-4-6-19-45(41)55)30-38-13-9-16-39(52(38)59-54)34-23-25-35(26-24-34)50-32-57-48-20-7-8-21-49(48)58-50/h1-32H. The van der Waals surface area contributed by atoms with Crippen molar-refractivity contribution in [3.63, 3.8) is 0 Å². The van der Waals surface area contributed by atoms with Crippen molar-refractivity contribution in [1.82, 2.24) is 19.9 Å². The lowest BCUT2D eigenvalue weighted by atomic mass is 9.70. The van der Waals surface area contributed by atoms with Gasteiger partial charge in [0.2, 0.25) is 0 Å². The van der Waals surface area contributed by atoms with Gasteiger partial charge >= 0.3 is 0 Å². The predicted molar refractivity (Wildman–Crippen MR) is 240 cm³/mol.